The molecule has 3 rings (SSSR count). The molecule has 0 aliphatic carbocycles. The van der Waals surface area contributed by atoms with E-state index in [0.717, 1.165) is 12.1 Å². The van der Waals surface area contributed by atoms with Crippen LogP contribution in [0.3, 0.4) is 0 Å². The molecule has 23 heavy (non-hydrogen) atoms. The van der Waals surface area contributed by atoms with Crippen LogP contribution in [0.25, 0.3) is 0 Å². The van der Waals surface area contributed by atoms with E-state index in [9.17, 15) is 13.6 Å². The number of ether oxygens (including phenoxy) is 2. The molecule has 1 aromatic rings. The summed E-state index contributed by atoms with van der Waals surface area (Å²) in [5, 5.41) is 3.12. The van der Waals surface area contributed by atoms with Crippen LogP contribution in [0, 0.1) is 11.6 Å². The quantitative estimate of drug-likeness (QED) is 0.874. The first-order chi connectivity index (χ1) is 10.6. The van der Waals surface area contributed by atoms with E-state index in [0.29, 0.717) is 45.0 Å². The Morgan fingerprint density at radius 3 is 2.78 bits per heavy atom. The average Bonchev–Trinajstić information content (AvgIpc) is 2.57. The van der Waals surface area contributed by atoms with Crippen molar-refractivity contribution in [1.82, 2.24) is 10.2 Å². The number of carbonyl (C=O) groups is 1. The molecule has 2 fully saturated rings. The fourth-order valence-corrected chi connectivity index (χ4v) is 2.71. The van der Waals surface area contributed by atoms with E-state index in [2.05, 4.69) is 5.32 Å². The minimum Gasteiger partial charge on any atom is -0.378 e. The van der Waals surface area contributed by atoms with E-state index >= 15 is 0 Å². The molecule has 2 aliphatic heterocycles. The van der Waals surface area contributed by atoms with Crippen molar-refractivity contribution in [3.63, 3.8) is 0 Å². The Morgan fingerprint density at radius 1 is 1.26 bits per heavy atom. The lowest BCUT2D eigenvalue weighted by atomic mass is 10.1. The van der Waals surface area contributed by atoms with E-state index in [1.807, 2.05) is 0 Å². The Balaban J connectivity index is 0.00000192. The minimum absolute atomic E-state index is 0. The third-order valence-corrected chi connectivity index (χ3v) is 3.91. The molecule has 0 aromatic heterocycles. The van der Waals surface area contributed by atoms with Gasteiger partial charge in [-0.3, -0.25) is 4.79 Å². The molecule has 1 aromatic carbocycles. The smallest absolute Gasteiger partial charge is 0.242 e. The lowest BCUT2D eigenvalue weighted by molar-refractivity contribution is -0.144. The predicted octanol–water partition coefficient (Wildman–Crippen LogP) is 1.27. The molecule has 8 heteroatoms. The van der Waals surface area contributed by atoms with Gasteiger partial charge in [-0.2, -0.15) is 0 Å². The molecule has 1 amide bonds. The monoisotopic (exact) mass is 348 g/mol. The van der Waals surface area contributed by atoms with E-state index in [1.54, 1.807) is 4.90 Å². The Bertz CT molecular complexity index is 556. The van der Waals surface area contributed by atoms with Gasteiger partial charge in [0.25, 0.3) is 0 Å². The Hall–Kier alpha value is -1.28. The van der Waals surface area contributed by atoms with E-state index in [-0.39, 0.29) is 24.4 Å². The molecule has 2 atom stereocenters. The molecule has 2 unspecified atom stereocenters. The number of hydrogen-bond donors (Lipinski definition) is 1. The van der Waals surface area contributed by atoms with Crippen molar-refractivity contribution < 1.29 is 23.0 Å². The van der Waals surface area contributed by atoms with Gasteiger partial charge in [0.1, 0.15) is 12.1 Å². The minimum atomic E-state index is -0.910. The molecule has 5 nitrogen and oxygen atoms in total. The number of morpholine rings is 2. The van der Waals surface area contributed by atoms with Crippen LogP contribution in [-0.2, 0) is 14.3 Å². The van der Waals surface area contributed by atoms with Crippen molar-refractivity contribution in [1.29, 1.82) is 0 Å². The van der Waals surface area contributed by atoms with Gasteiger partial charge in [0.15, 0.2) is 11.6 Å². The summed E-state index contributed by atoms with van der Waals surface area (Å²) in [4.78, 5) is 14.1. The van der Waals surface area contributed by atoms with Crippen LogP contribution in [0.1, 0.15) is 11.7 Å². The standard InChI is InChI=1S/C15H18F2N2O3.ClH/c16-11-2-1-10(7-12(11)17)14-8-19(4-6-22-14)15(20)13-9-21-5-3-18-13;/h1-2,7,13-14,18H,3-6,8-9H2;1H. The van der Waals surface area contributed by atoms with Gasteiger partial charge in [-0.1, -0.05) is 6.07 Å². The fourth-order valence-electron chi connectivity index (χ4n) is 2.71. The van der Waals surface area contributed by atoms with Gasteiger partial charge < -0.3 is 19.7 Å². The Labute approximate surface area is 139 Å². The third kappa shape index (κ3) is 4.17. The van der Waals surface area contributed by atoms with Crippen molar-refractivity contribution >= 4 is 18.3 Å². The molecule has 2 heterocycles. The molecule has 0 bridgehead atoms. The molecule has 2 aliphatic rings. The highest BCUT2D eigenvalue weighted by Crippen LogP contribution is 2.24. The second-order valence-corrected chi connectivity index (χ2v) is 5.40. The number of nitrogens with zero attached hydrogens (tertiary/aromatic N) is 1. The van der Waals surface area contributed by atoms with E-state index in [1.165, 1.54) is 6.07 Å². The lowest BCUT2D eigenvalue weighted by Crippen LogP contribution is -2.55. The predicted molar refractivity (Wildman–Crippen MR) is 81.5 cm³/mol. The summed E-state index contributed by atoms with van der Waals surface area (Å²) in [5.41, 5.74) is 0.532. The maximum absolute atomic E-state index is 13.3. The van der Waals surface area contributed by atoms with E-state index in [4.69, 9.17) is 9.47 Å². The highest BCUT2D eigenvalue weighted by molar-refractivity contribution is 5.85. The Morgan fingerprint density at radius 2 is 2.09 bits per heavy atom. The molecule has 0 radical (unpaired) electrons. The summed E-state index contributed by atoms with van der Waals surface area (Å²) in [6.45, 7) is 2.77. The highest BCUT2D eigenvalue weighted by atomic mass is 35.5. The number of amides is 1. The molecule has 128 valence electrons. The van der Waals surface area contributed by atoms with Crippen molar-refractivity contribution in [3.8, 4) is 0 Å². The SMILES string of the molecule is Cl.O=C(C1COCCN1)N1CCOC(c2ccc(F)c(F)c2)C1. The molecule has 0 spiro atoms. The van der Waals surface area contributed by atoms with Gasteiger partial charge in [-0.15, -0.1) is 12.4 Å². The first kappa shape index (κ1) is 18.1. The molecule has 2 saturated heterocycles. The average molecular weight is 349 g/mol. The van der Waals surface area contributed by atoms with Crippen LogP contribution < -0.4 is 5.32 Å². The van der Waals surface area contributed by atoms with Gasteiger partial charge in [-0.05, 0) is 17.7 Å². The maximum Gasteiger partial charge on any atom is 0.242 e. The normalized spacial score (nSPS) is 24.9. The molecule has 0 saturated carbocycles. The third-order valence-electron chi connectivity index (χ3n) is 3.91. The zero-order valence-corrected chi connectivity index (χ0v) is 13.3. The summed E-state index contributed by atoms with van der Waals surface area (Å²) in [6.07, 6.45) is -0.447. The maximum atomic E-state index is 13.3. The summed E-state index contributed by atoms with van der Waals surface area (Å²) in [7, 11) is 0. The Kier molecular flexibility index (Phi) is 6.29. The zero-order valence-electron chi connectivity index (χ0n) is 12.5. The van der Waals surface area contributed by atoms with Gasteiger partial charge in [-0.25, -0.2) is 8.78 Å². The van der Waals surface area contributed by atoms with Crippen molar-refractivity contribution in [3.05, 3.63) is 35.4 Å². The number of benzene rings is 1. The zero-order chi connectivity index (χ0) is 15.5. The van der Waals surface area contributed by atoms with Crippen LogP contribution in [-0.4, -0.2) is 56.3 Å². The first-order valence-electron chi connectivity index (χ1n) is 7.31. The van der Waals surface area contributed by atoms with Crippen LogP contribution in [0.4, 0.5) is 8.78 Å². The topological polar surface area (TPSA) is 50.8 Å². The number of carbonyl (C=O) groups excluding carboxylic acids is 1. The second-order valence-electron chi connectivity index (χ2n) is 5.40. The summed E-state index contributed by atoms with van der Waals surface area (Å²) < 4.78 is 37.2. The number of nitrogens with one attached hydrogen (secondary N) is 1. The van der Waals surface area contributed by atoms with Gasteiger partial charge >= 0.3 is 0 Å². The first-order valence-corrected chi connectivity index (χ1v) is 7.31. The van der Waals surface area contributed by atoms with Gasteiger partial charge in [0.05, 0.1) is 26.4 Å². The second kappa shape index (κ2) is 8.01. The van der Waals surface area contributed by atoms with Crippen LogP contribution in [0.2, 0.25) is 0 Å². The fraction of sp³-hybridized carbons (Fsp3) is 0.533. The number of hydrogen-bond acceptors (Lipinski definition) is 4. The lowest BCUT2D eigenvalue weighted by Gasteiger charge is -2.36. The molecular formula is C15H19ClF2N2O3. The van der Waals surface area contributed by atoms with Gasteiger partial charge in [0, 0.05) is 13.1 Å². The summed E-state index contributed by atoms with van der Waals surface area (Å²) >= 11 is 0. The van der Waals surface area contributed by atoms with Crippen molar-refractivity contribution in [2.24, 2.45) is 0 Å². The number of halogens is 3. The molecule has 1 N–H and O–H groups in total. The largest absolute Gasteiger partial charge is 0.378 e. The van der Waals surface area contributed by atoms with E-state index < -0.39 is 17.7 Å². The van der Waals surface area contributed by atoms with Gasteiger partial charge in [0.2, 0.25) is 5.91 Å². The van der Waals surface area contributed by atoms with Crippen LogP contribution in [0.15, 0.2) is 18.2 Å². The number of rotatable bonds is 2. The van der Waals surface area contributed by atoms with Crippen molar-refractivity contribution in [2.75, 3.05) is 39.5 Å². The molecular weight excluding hydrogens is 330 g/mol. The van der Waals surface area contributed by atoms with Crippen LogP contribution >= 0.6 is 12.4 Å². The van der Waals surface area contributed by atoms with Crippen LogP contribution in [0.5, 0.6) is 0 Å². The highest BCUT2D eigenvalue weighted by Gasteiger charge is 2.31. The summed E-state index contributed by atoms with van der Waals surface area (Å²) in [5.74, 6) is -1.85. The van der Waals surface area contributed by atoms with Crippen molar-refractivity contribution in [2.45, 2.75) is 12.1 Å². The summed E-state index contributed by atoms with van der Waals surface area (Å²) in [6, 6.07) is 3.33.